The van der Waals surface area contributed by atoms with Crippen molar-refractivity contribution in [2.75, 3.05) is 30.8 Å². The van der Waals surface area contributed by atoms with E-state index in [-0.39, 0.29) is 18.9 Å². The number of hydrogen-bond donors (Lipinski definition) is 1. The third kappa shape index (κ3) is 8.58. The zero-order chi connectivity index (χ0) is 29.1. The number of sulfonamides is 1. The molecule has 0 heterocycles. The van der Waals surface area contributed by atoms with Gasteiger partial charge in [-0.2, -0.15) is 0 Å². The summed E-state index contributed by atoms with van der Waals surface area (Å²) < 4.78 is 32.3. The Balaban J connectivity index is 2.05. The number of amides is 2. The number of ether oxygens (including phenoxy) is 1. The molecule has 0 fully saturated rings. The normalized spacial score (nSPS) is 11.9. The number of anilines is 1. The number of methoxy groups -OCH3 is 1. The molecule has 2 amide bonds. The standard InChI is InChI=1S/C31H39N3O5S/c1-5-6-19-32-31(36)29(21-25-14-8-7-9-15-25)33(22-26-16-12-17-27(20-26)39-3)30(35)23-34(40(4,37)38)28-18-11-10-13-24(28)2/h7-18,20,29H,5-6,19,21-23H2,1-4H3,(H,32,36). The minimum Gasteiger partial charge on any atom is -0.497 e. The zero-order valence-electron chi connectivity index (χ0n) is 23.7. The highest BCUT2D eigenvalue weighted by molar-refractivity contribution is 7.92. The molecule has 214 valence electrons. The first-order valence-electron chi connectivity index (χ1n) is 13.4. The average Bonchev–Trinajstić information content (AvgIpc) is 2.94. The quantitative estimate of drug-likeness (QED) is 0.294. The molecule has 0 aromatic heterocycles. The van der Waals surface area contributed by atoms with Crippen LogP contribution in [0.25, 0.3) is 0 Å². The van der Waals surface area contributed by atoms with E-state index in [1.807, 2.05) is 61.5 Å². The van der Waals surface area contributed by atoms with Crippen LogP contribution in [0.3, 0.4) is 0 Å². The fraction of sp³-hybridized carbons (Fsp3) is 0.355. The van der Waals surface area contributed by atoms with E-state index in [2.05, 4.69) is 5.32 Å². The average molecular weight is 566 g/mol. The van der Waals surface area contributed by atoms with Crippen molar-refractivity contribution in [2.24, 2.45) is 0 Å². The number of para-hydroxylation sites is 1. The number of unbranched alkanes of at least 4 members (excludes halogenated alkanes) is 1. The van der Waals surface area contributed by atoms with Gasteiger partial charge in [-0.1, -0.05) is 74.0 Å². The summed E-state index contributed by atoms with van der Waals surface area (Å²) in [5.41, 5.74) is 2.79. The van der Waals surface area contributed by atoms with Crippen LogP contribution >= 0.6 is 0 Å². The molecule has 1 unspecified atom stereocenters. The van der Waals surface area contributed by atoms with Gasteiger partial charge in [0.2, 0.25) is 21.8 Å². The van der Waals surface area contributed by atoms with E-state index >= 15 is 0 Å². The molecule has 0 bridgehead atoms. The minimum absolute atomic E-state index is 0.0973. The van der Waals surface area contributed by atoms with Gasteiger partial charge in [0.25, 0.3) is 0 Å². The third-order valence-electron chi connectivity index (χ3n) is 6.65. The first-order chi connectivity index (χ1) is 19.1. The molecule has 1 atom stereocenters. The number of rotatable bonds is 14. The molecule has 0 aliphatic carbocycles. The number of nitrogens with one attached hydrogen (secondary N) is 1. The number of carbonyl (C=O) groups is 2. The molecule has 1 N–H and O–H groups in total. The zero-order valence-corrected chi connectivity index (χ0v) is 24.5. The van der Waals surface area contributed by atoms with E-state index in [1.54, 1.807) is 38.3 Å². The fourth-order valence-corrected chi connectivity index (χ4v) is 5.37. The van der Waals surface area contributed by atoms with Crippen LogP contribution in [0.2, 0.25) is 0 Å². The number of carbonyl (C=O) groups excluding carboxylic acids is 2. The first-order valence-corrected chi connectivity index (χ1v) is 15.3. The van der Waals surface area contributed by atoms with E-state index in [1.165, 1.54) is 4.90 Å². The maximum atomic E-state index is 14.1. The second-order valence-electron chi connectivity index (χ2n) is 9.78. The maximum Gasteiger partial charge on any atom is 0.244 e. The Morgan fingerprint density at radius 3 is 2.27 bits per heavy atom. The number of nitrogens with zero attached hydrogens (tertiary/aromatic N) is 2. The SMILES string of the molecule is CCCCNC(=O)C(Cc1ccccc1)N(Cc1cccc(OC)c1)C(=O)CN(c1ccccc1C)S(C)(=O)=O. The van der Waals surface area contributed by atoms with Crippen LogP contribution < -0.4 is 14.4 Å². The molecule has 3 aromatic carbocycles. The highest BCUT2D eigenvalue weighted by Gasteiger charge is 2.33. The lowest BCUT2D eigenvalue weighted by Gasteiger charge is -2.34. The van der Waals surface area contributed by atoms with Crippen molar-refractivity contribution in [3.8, 4) is 5.75 Å². The summed E-state index contributed by atoms with van der Waals surface area (Å²) in [5, 5.41) is 2.98. The predicted octanol–water partition coefficient (Wildman–Crippen LogP) is 4.33. The highest BCUT2D eigenvalue weighted by atomic mass is 32.2. The minimum atomic E-state index is -3.81. The topological polar surface area (TPSA) is 96.0 Å². The molecule has 9 heteroatoms. The van der Waals surface area contributed by atoms with Crippen LogP contribution in [0, 0.1) is 6.92 Å². The molecule has 3 rings (SSSR count). The first kappa shape index (κ1) is 30.7. The Bertz CT molecular complexity index is 1380. The molecular weight excluding hydrogens is 526 g/mol. The van der Waals surface area contributed by atoms with E-state index in [4.69, 9.17) is 4.74 Å². The van der Waals surface area contributed by atoms with Gasteiger partial charge in [0.15, 0.2) is 0 Å². The van der Waals surface area contributed by atoms with Crippen LogP contribution in [-0.2, 0) is 32.6 Å². The van der Waals surface area contributed by atoms with Crippen molar-refractivity contribution < 1.29 is 22.7 Å². The summed E-state index contributed by atoms with van der Waals surface area (Å²) >= 11 is 0. The molecule has 8 nitrogen and oxygen atoms in total. The van der Waals surface area contributed by atoms with Gasteiger partial charge in [-0.15, -0.1) is 0 Å². The summed E-state index contributed by atoms with van der Waals surface area (Å²) in [6, 6.07) is 22.9. The molecule has 0 radical (unpaired) electrons. The summed E-state index contributed by atoms with van der Waals surface area (Å²) in [6.45, 7) is 3.98. The van der Waals surface area contributed by atoms with E-state index in [9.17, 15) is 18.0 Å². The second-order valence-corrected chi connectivity index (χ2v) is 11.7. The summed E-state index contributed by atoms with van der Waals surface area (Å²) in [7, 11) is -2.25. The molecule has 0 saturated heterocycles. The molecule has 40 heavy (non-hydrogen) atoms. The van der Waals surface area contributed by atoms with Gasteiger partial charge in [0.1, 0.15) is 18.3 Å². The Hall–Kier alpha value is -3.85. The van der Waals surface area contributed by atoms with Gasteiger partial charge in [-0.05, 0) is 48.2 Å². The van der Waals surface area contributed by atoms with E-state index in [0.717, 1.165) is 40.1 Å². The van der Waals surface area contributed by atoms with Crippen LogP contribution in [0.4, 0.5) is 5.69 Å². The van der Waals surface area contributed by atoms with E-state index < -0.39 is 28.5 Å². The Morgan fingerprint density at radius 2 is 1.62 bits per heavy atom. The highest BCUT2D eigenvalue weighted by Crippen LogP contribution is 2.24. The van der Waals surface area contributed by atoms with E-state index in [0.29, 0.717) is 18.0 Å². The van der Waals surface area contributed by atoms with Gasteiger partial charge in [-0.25, -0.2) is 8.42 Å². The molecule has 3 aromatic rings. The molecule has 0 spiro atoms. The lowest BCUT2D eigenvalue weighted by Crippen LogP contribution is -2.53. The number of benzene rings is 3. The lowest BCUT2D eigenvalue weighted by molar-refractivity contribution is -0.140. The molecule has 0 aliphatic rings. The van der Waals surface area contributed by atoms with Gasteiger partial charge < -0.3 is 15.0 Å². The lowest BCUT2D eigenvalue weighted by atomic mass is 10.0. The third-order valence-corrected chi connectivity index (χ3v) is 7.78. The fourth-order valence-electron chi connectivity index (χ4n) is 4.47. The van der Waals surface area contributed by atoms with Gasteiger partial charge in [0, 0.05) is 19.5 Å². The summed E-state index contributed by atoms with van der Waals surface area (Å²) in [6.07, 6.45) is 3.08. The number of aryl methyl sites for hydroxylation is 1. The largest absolute Gasteiger partial charge is 0.497 e. The van der Waals surface area contributed by atoms with Crippen LogP contribution in [0.15, 0.2) is 78.9 Å². The Labute approximate surface area is 238 Å². The van der Waals surface area contributed by atoms with Crippen LogP contribution in [0.1, 0.15) is 36.5 Å². The van der Waals surface area contributed by atoms with Crippen molar-refractivity contribution in [3.05, 3.63) is 95.6 Å². The summed E-state index contributed by atoms with van der Waals surface area (Å²) in [5.74, 6) is -0.145. The van der Waals surface area contributed by atoms with Crippen molar-refractivity contribution >= 4 is 27.5 Å². The molecule has 0 saturated carbocycles. The molecular formula is C31H39N3O5S. The van der Waals surface area contributed by atoms with Gasteiger partial charge >= 0.3 is 0 Å². The van der Waals surface area contributed by atoms with Crippen molar-refractivity contribution in [1.82, 2.24) is 10.2 Å². The second kappa shape index (κ2) is 14.5. The van der Waals surface area contributed by atoms with Crippen molar-refractivity contribution in [3.63, 3.8) is 0 Å². The van der Waals surface area contributed by atoms with Crippen molar-refractivity contribution in [2.45, 2.75) is 45.7 Å². The number of hydrogen-bond acceptors (Lipinski definition) is 5. The van der Waals surface area contributed by atoms with Crippen LogP contribution in [-0.4, -0.2) is 57.6 Å². The Morgan fingerprint density at radius 1 is 0.950 bits per heavy atom. The maximum absolute atomic E-state index is 14.1. The van der Waals surface area contributed by atoms with Crippen LogP contribution in [0.5, 0.6) is 5.75 Å². The van der Waals surface area contributed by atoms with Gasteiger partial charge in [-0.3, -0.25) is 13.9 Å². The molecule has 0 aliphatic heterocycles. The summed E-state index contributed by atoms with van der Waals surface area (Å²) in [4.78, 5) is 29.2. The Kier molecular flexibility index (Phi) is 11.1. The monoisotopic (exact) mass is 565 g/mol. The van der Waals surface area contributed by atoms with Gasteiger partial charge in [0.05, 0.1) is 19.1 Å². The van der Waals surface area contributed by atoms with Crippen molar-refractivity contribution in [1.29, 1.82) is 0 Å². The predicted molar refractivity (Wildman–Crippen MR) is 159 cm³/mol. The smallest absolute Gasteiger partial charge is 0.244 e.